The topological polar surface area (TPSA) is 99.5 Å². The van der Waals surface area contributed by atoms with Crippen molar-refractivity contribution >= 4 is 28.4 Å². The molecule has 0 atom stereocenters. The minimum Gasteiger partial charge on any atom is -0.481 e. The van der Waals surface area contributed by atoms with Crippen LogP contribution >= 0.6 is 11.3 Å². The molecule has 0 bridgehead atoms. The van der Waals surface area contributed by atoms with Crippen molar-refractivity contribution in [3.8, 4) is 0 Å². The molecule has 1 aromatic heterocycles. The number of carbonyl (C=O) groups is 2. The number of aliphatic carboxylic acids is 2. The third kappa shape index (κ3) is 3.55. The van der Waals surface area contributed by atoms with E-state index in [0.717, 1.165) is 11.3 Å². The Balaban J connectivity index is 2.68. The number of rotatable bonds is 5. The molecule has 0 radical (unpaired) electrons. The average molecular weight is 230 g/mol. The molecule has 0 aliphatic heterocycles. The Morgan fingerprint density at radius 2 is 2.07 bits per heavy atom. The lowest BCUT2D eigenvalue weighted by Gasteiger charge is -1.95. The average Bonchev–Trinajstić information content (AvgIpc) is 2.43. The van der Waals surface area contributed by atoms with Gasteiger partial charge in [-0.25, -0.2) is 4.98 Å². The molecule has 0 amide bonds. The summed E-state index contributed by atoms with van der Waals surface area (Å²) >= 11 is 1.16. The van der Waals surface area contributed by atoms with E-state index in [1.165, 1.54) is 0 Å². The van der Waals surface area contributed by atoms with E-state index in [-0.39, 0.29) is 13.0 Å². The van der Waals surface area contributed by atoms with Crippen LogP contribution in [0, 0.1) is 6.92 Å². The second kappa shape index (κ2) is 4.74. The number of carboxylic acid groups (broad SMARTS) is 2. The molecule has 6 nitrogen and oxygen atoms in total. The lowest BCUT2D eigenvalue weighted by atomic mass is 10.3. The van der Waals surface area contributed by atoms with Gasteiger partial charge in [-0.15, -0.1) is 11.3 Å². The zero-order valence-electron chi connectivity index (χ0n) is 7.98. The van der Waals surface area contributed by atoms with E-state index in [1.54, 1.807) is 6.92 Å². The van der Waals surface area contributed by atoms with Crippen molar-refractivity contribution in [2.75, 3.05) is 11.9 Å². The molecular weight excluding hydrogens is 220 g/mol. The minimum atomic E-state index is -0.984. The van der Waals surface area contributed by atoms with Crippen LogP contribution in [0.15, 0.2) is 0 Å². The molecule has 0 spiro atoms. The van der Waals surface area contributed by atoms with Crippen molar-refractivity contribution in [1.29, 1.82) is 0 Å². The van der Waals surface area contributed by atoms with Crippen LogP contribution in [0.3, 0.4) is 0 Å². The molecule has 15 heavy (non-hydrogen) atoms. The summed E-state index contributed by atoms with van der Waals surface area (Å²) in [6, 6.07) is 0. The Kier molecular flexibility index (Phi) is 3.62. The van der Waals surface area contributed by atoms with Crippen LogP contribution in [0.2, 0.25) is 0 Å². The van der Waals surface area contributed by atoms with Gasteiger partial charge in [-0.2, -0.15) is 0 Å². The van der Waals surface area contributed by atoms with E-state index in [4.69, 9.17) is 10.2 Å². The van der Waals surface area contributed by atoms with Crippen molar-refractivity contribution in [3.05, 3.63) is 10.6 Å². The first kappa shape index (κ1) is 11.4. The number of hydrogen-bond acceptors (Lipinski definition) is 5. The third-order valence-electron chi connectivity index (χ3n) is 1.60. The Bertz CT molecular complexity index is 388. The second-order valence-electron chi connectivity index (χ2n) is 2.85. The minimum absolute atomic E-state index is 0.0851. The molecule has 1 heterocycles. The number of anilines is 1. The summed E-state index contributed by atoms with van der Waals surface area (Å²) in [5, 5.41) is 20.0. The van der Waals surface area contributed by atoms with Gasteiger partial charge in [0.05, 0.1) is 12.1 Å². The van der Waals surface area contributed by atoms with Crippen molar-refractivity contribution in [3.63, 3.8) is 0 Å². The lowest BCUT2D eigenvalue weighted by molar-refractivity contribution is -0.136. The first-order chi connectivity index (χ1) is 6.99. The van der Waals surface area contributed by atoms with Gasteiger partial charge in [-0.1, -0.05) is 0 Å². The monoisotopic (exact) mass is 230 g/mol. The van der Waals surface area contributed by atoms with Crippen molar-refractivity contribution in [2.45, 2.75) is 13.3 Å². The Morgan fingerprint density at radius 3 is 2.60 bits per heavy atom. The summed E-state index contributed by atoms with van der Waals surface area (Å²) in [6.45, 7) is 1.47. The summed E-state index contributed by atoms with van der Waals surface area (Å²) in [7, 11) is 0. The third-order valence-corrected chi connectivity index (χ3v) is 2.71. The van der Waals surface area contributed by atoms with Gasteiger partial charge in [0.1, 0.15) is 6.54 Å². The molecule has 82 valence electrons. The zero-order valence-corrected chi connectivity index (χ0v) is 8.80. The molecule has 0 aromatic carbocycles. The normalized spacial score (nSPS) is 9.93. The summed E-state index contributed by atoms with van der Waals surface area (Å²) in [6.07, 6.45) is -0.0851. The number of nitrogens with one attached hydrogen (secondary N) is 1. The van der Waals surface area contributed by atoms with E-state index in [2.05, 4.69) is 10.3 Å². The van der Waals surface area contributed by atoms with E-state index in [0.29, 0.717) is 15.7 Å². The highest BCUT2D eigenvalue weighted by atomic mass is 32.1. The number of aryl methyl sites for hydroxylation is 1. The van der Waals surface area contributed by atoms with Crippen molar-refractivity contribution in [2.24, 2.45) is 0 Å². The molecule has 0 aliphatic rings. The molecule has 3 N–H and O–H groups in total. The molecule has 1 aromatic rings. The van der Waals surface area contributed by atoms with Gasteiger partial charge < -0.3 is 15.5 Å². The SMILES string of the molecule is Cc1nc(NCC(=O)O)sc1CC(=O)O. The first-order valence-electron chi connectivity index (χ1n) is 4.13. The second-order valence-corrected chi connectivity index (χ2v) is 3.93. The number of thiazole rings is 1. The van der Waals surface area contributed by atoms with E-state index >= 15 is 0 Å². The summed E-state index contributed by atoms with van der Waals surface area (Å²) in [5.74, 6) is -1.91. The Morgan fingerprint density at radius 1 is 1.40 bits per heavy atom. The molecule has 0 saturated heterocycles. The number of aromatic nitrogens is 1. The molecule has 0 unspecified atom stereocenters. The quantitative estimate of drug-likeness (QED) is 0.684. The van der Waals surface area contributed by atoms with Crippen LogP contribution in [0.5, 0.6) is 0 Å². The molecule has 0 saturated carbocycles. The Hall–Kier alpha value is -1.63. The maximum Gasteiger partial charge on any atom is 0.322 e. The molecular formula is C8H10N2O4S. The number of hydrogen-bond donors (Lipinski definition) is 3. The summed E-state index contributed by atoms with van der Waals surface area (Å²) in [5.41, 5.74) is 0.621. The molecule has 1 rings (SSSR count). The van der Waals surface area contributed by atoms with Gasteiger partial charge in [0, 0.05) is 4.88 Å². The smallest absolute Gasteiger partial charge is 0.322 e. The van der Waals surface area contributed by atoms with E-state index in [9.17, 15) is 9.59 Å². The maximum atomic E-state index is 10.5. The highest BCUT2D eigenvalue weighted by Gasteiger charge is 2.11. The van der Waals surface area contributed by atoms with Crippen LogP contribution in [-0.4, -0.2) is 33.7 Å². The standard InChI is InChI=1S/C8H10N2O4S/c1-4-5(2-6(11)12)15-8(10-4)9-3-7(13)14/h2-3H2,1H3,(H,9,10)(H,11,12)(H,13,14). The van der Waals surface area contributed by atoms with E-state index in [1.807, 2.05) is 0 Å². The predicted octanol–water partition coefficient (Wildman–Crippen LogP) is 0.575. The van der Waals surface area contributed by atoms with Gasteiger partial charge in [0.25, 0.3) is 0 Å². The fraction of sp³-hybridized carbons (Fsp3) is 0.375. The molecule has 7 heteroatoms. The molecule has 0 aliphatic carbocycles. The fourth-order valence-corrected chi connectivity index (χ4v) is 1.91. The van der Waals surface area contributed by atoms with Gasteiger partial charge in [-0.05, 0) is 6.92 Å². The number of nitrogens with zero attached hydrogens (tertiary/aromatic N) is 1. The summed E-state index contributed by atoms with van der Waals surface area (Å²) in [4.78, 5) is 25.4. The highest BCUT2D eigenvalue weighted by molar-refractivity contribution is 7.15. The van der Waals surface area contributed by atoms with Gasteiger partial charge in [-0.3, -0.25) is 9.59 Å². The van der Waals surface area contributed by atoms with Gasteiger partial charge >= 0.3 is 11.9 Å². The van der Waals surface area contributed by atoms with E-state index < -0.39 is 11.9 Å². The zero-order chi connectivity index (χ0) is 11.4. The summed E-state index contributed by atoms with van der Waals surface area (Å²) < 4.78 is 0. The highest BCUT2D eigenvalue weighted by Crippen LogP contribution is 2.22. The van der Waals surface area contributed by atoms with Crippen LogP contribution in [-0.2, 0) is 16.0 Å². The van der Waals surface area contributed by atoms with Crippen LogP contribution < -0.4 is 5.32 Å². The molecule has 0 fully saturated rings. The van der Waals surface area contributed by atoms with Crippen molar-refractivity contribution < 1.29 is 19.8 Å². The largest absolute Gasteiger partial charge is 0.481 e. The number of carboxylic acids is 2. The van der Waals surface area contributed by atoms with Crippen LogP contribution in [0.4, 0.5) is 5.13 Å². The lowest BCUT2D eigenvalue weighted by Crippen LogP contribution is -2.11. The van der Waals surface area contributed by atoms with Crippen molar-refractivity contribution in [1.82, 2.24) is 4.98 Å². The maximum absolute atomic E-state index is 10.5. The predicted molar refractivity (Wildman–Crippen MR) is 54.3 cm³/mol. The van der Waals surface area contributed by atoms with Gasteiger partial charge in [0.2, 0.25) is 0 Å². The van der Waals surface area contributed by atoms with Gasteiger partial charge in [0.15, 0.2) is 5.13 Å². The first-order valence-corrected chi connectivity index (χ1v) is 4.94. The Labute approximate surface area is 89.6 Å². The fourth-order valence-electron chi connectivity index (χ4n) is 0.956. The van der Waals surface area contributed by atoms with Crippen LogP contribution in [0.25, 0.3) is 0 Å². The van der Waals surface area contributed by atoms with Crippen LogP contribution in [0.1, 0.15) is 10.6 Å².